The van der Waals surface area contributed by atoms with Gasteiger partial charge in [-0.3, -0.25) is 4.79 Å². The Labute approximate surface area is 181 Å². The number of benzene rings is 3. The zero-order valence-electron chi connectivity index (χ0n) is 14.8. The first-order valence-corrected chi connectivity index (χ1v) is 9.72. The summed E-state index contributed by atoms with van der Waals surface area (Å²) in [6, 6.07) is 17.6. The van der Waals surface area contributed by atoms with Crippen molar-refractivity contribution >= 4 is 63.6 Å². The topological polar surface area (TPSA) is 55.1 Å². The largest absolute Gasteiger partial charge is 0.436 e. The lowest BCUT2D eigenvalue weighted by molar-refractivity contribution is -0.111. The molecule has 0 atom stereocenters. The van der Waals surface area contributed by atoms with Crippen LogP contribution in [0.4, 0.5) is 5.69 Å². The molecular formula is C22H13Cl3N2O2. The summed E-state index contributed by atoms with van der Waals surface area (Å²) in [6.45, 7) is 0. The second-order valence-corrected chi connectivity index (χ2v) is 7.48. The molecule has 0 saturated heterocycles. The van der Waals surface area contributed by atoms with E-state index in [9.17, 15) is 4.79 Å². The van der Waals surface area contributed by atoms with Gasteiger partial charge >= 0.3 is 0 Å². The number of amides is 1. The summed E-state index contributed by atoms with van der Waals surface area (Å²) >= 11 is 18.0. The van der Waals surface area contributed by atoms with Gasteiger partial charge in [-0.1, -0.05) is 46.9 Å². The number of hydrogen-bond donors (Lipinski definition) is 1. The molecule has 1 amide bonds. The Morgan fingerprint density at radius 3 is 2.59 bits per heavy atom. The number of nitrogens with zero attached hydrogens (tertiary/aromatic N) is 1. The molecule has 1 aromatic heterocycles. The van der Waals surface area contributed by atoms with Crippen molar-refractivity contribution in [1.82, 2.24) is 4.98 Å². The van der Waals surface area contributed by atoms with Crippen molar-refractivity contribution in [2.75, 3.05) is 5.32 Å². The van der Waals surface area contributed by atoms with Gasteiger partial charge in [-0.05, 0) is 60.2 Å². The normalized spacial score (nSPS) is 11.3. The van der Waals surface area contributed by atoms with Crippen molar-refractivity contribution in [3.05, 3.63) is 87.4 Å². The molecule has 0 aliphatic rings. The molecule has 4 nitrogen and oxygen atoms in total. The number of halogens is 3. The maximum Gasteiger partial charge on any atom is 0.248 e. The van der Waals surface area contributed by atoms with Crippen LogP contribution >= 0.6 is 34.8 Å². The van der Waals surface area contributed by atoms with E-state index in [0.717, 1.165) is 5.56 Å². The van der Waals surface area contributed by atoms with Gasteiger partial charge in [-0.15, -0.1) is 0 Å². The third kappa shape index (κ3) is 4.62. The monoisotopic (exact) mass is 442 g/mol. The van der Waals surface area contributed by atoms with Gasteiger partial charge in [0.15, 0.2) is 5.58 Å². The first-order valence-electron chi connectivity index (χ1n) is 8.58. The van der Waals surface area contributed by atoms with Crippen molar-refractivity contribution in [3.63, 3.8) is 0 Å². The van der Waals surface area contributed by atoms with Crippen molar-refractivity contribution in [3.8, 4) is 11.5 Å². The molecule has 1 N–H and O–H groups in total. The summed E-state index contributed by atoms with van der Waals surface area (Å²) in [5, 5.41) is 4.41. The van der Waals surface area contributed by atoms with Crippen molar-refractivity contribution in [2.45, 2.75) is 0 Å². The van der Waals surface area contributed by atoms with Crippen molar-refractivity contribution in [2.24, 2.45) is 0 Å². The molecule has 1 heterocycles. The maximum absolute atomic E-state index is 12.2. The molecule has 4 rings (SSSR count). The van der Waals surface area contributed by atoms with Gasteiger partial charge in [0.2, 0.25) is 11.8 Å². The van der Waals surface area contributed by atoms with Crippen molar-refractivity contribution in [1.29, 1.82) is 0 Å². The number of hydrogen-bond acceptors (Lipinski definition) is 3. The summed E-state index contributed by atoms with van der Waals surface area (Å²) in [6.07, 6.45) is 3.03. The Morgan fingerprint density at radius 1 is 0.966 bits per heavy atom. The fraction of sp³-hybridized carbons (Fsp3) is 0. The molecule has 0 radical (unpaired) electrons. The SMILES string of the molecule is O=C(/C=C/c1ccc(Cl)cc1Cl)Nc1ccc2oc(-c3cccc(Cl)c3)nc2c1. The summed E-state index contributed by atoms with van der Waals surface area (Å²) < 4.78 is 5.78. The quantitative estimate of drug-likeness (QED) is 0.342. The van der Waals surface area contributed by atoms with Crippen LogP contribution in [0.25, 0.3) is 28.6 Å². The molecular weight excluding hydrogens is 431 g/mol. The highest BCUT2D eigenvalue weighted by Crippen LogP contribution is 2.28. The average Bonchev–Trinajstić information content (AvgIpc) is 3.11. The summed E-state index contributed by atoms with van der Waals surface area (Å²) in [7, 11) is 0. The van der Waals surface area contributed by atoms with Crippen LogP contribution < -0.4 is 5.32 Å². The van der Waals surface area contributed by atoms with E-state index in [-0.39, 0.29) is 5.91 Å². The van der Waals surface area contributed by atoms with Crippen LogP contribution in [0, 0.1) is 0 Å². The Kier molecular flexibility index (Phi) is 5.58. The first kappa shape index (κ1) is 19.5. The molecule has 0 saturated carbocycles. The van der Waals surface area contributed by atoms with E-state index in [2.05, 4.69) is 10.3 Å². The minimum atomic E-state index is -0.297. The number of rotatable bonds is 4. The van der Waals surface area contributed by atoms with Crippen LogP contribution in [-0.4, -0.2) is 10.9 Å². The van der Waals surface area contributed by atoms with Gasteiger partial charge in [0.05, 0.1) is 0 Å². The highest BCUT2D eigenvalue weighted by Gasteiger charge is 2.10. The lowest BCUT2D eigenvalue weighted by Crippen LogP contribution is -2.07. The molecule has 144 valence electrons. The highest BCUT2D eigenvalue weighted by atomic mass is 35.5. The third-order valence-electron chi connectivity index (χ3n) is 4.10. The van der Waals surface area contributed by atoms with E-state index >= 15 is 0 Å². The predicted octanol–water partition coefficient (Wildman–Crippen LogP) is 7.11. The smallest absolute Gasteiger partial charge is 0.248 e. The highest BCUT2D eigenvalue weighted by molar-refractivity contribution is 6.35. The van der Waals surface area contributed by atoms with E-state index < -0.39 is 0 Å². The lowest BCUT2D eigenvalue weighted by Gasteiger charge is -2.02. The fourth-order valence-electron chi connectivity index (χ4n) is 2.74. The molecule has 7 heteroatoms. The zero-order chi connectivity index (χ0) is 20.4. The molecule has 0 spiro atoms. The molecule has 29 heavy (non-hydrogen) atoms. The number of oxazole rings is 1. The minimum absolute atomic E-state index is 0.297. The predicted molar refractivity (Wildman–Crippen MR) is 119 cm³/mol. The van der Waals surface area contributed by atoms with Crippen LogP contribution in [0.5, 0.6) is 0 Å². The van der Waals surface area contributed by atoms with Crippen LogP contribution in [0.15, 0.2) is 71.2 Å². The molecule has 0 aliphatic heterocycles. The van der Waals surface area contributed by atoms with Crippen LogP contribution in [-0.2, 0) is 4.79 Å². The van der Waals surface area contributed by atoms with Gasteiger partial charge in [-0.2, -0.15) is 0 Å². The molecule has 0 aliphatic carbocycles. The third-order valence-corrected chi connectivity index (χ3v) is 4.90. The van der Waals surface area contributed by atoms with Crippen LogP contribution in [0.1, 0.15) is 5.56 Å². The fourth-order valence-corrected chi connectivity index (χ4v) is 3.40. The Bertz CT molecular complexity index is 1250. The zero-order valence-corrected chi connectivity index (χ0v) is 17.1. The molecule has 0 unspecified atom stereocenters. The van der Waals surface area contributed by atoms with Crippen LogP contribution in [0.2, 0.25) is 15.1 Å². The average molecular weight is 444 g/mol. The maximum atomic E-state index is 12.2. The standard InChI is InChI=1S/C22H13Cl3N2O2/c23-15-3-1-2-14(10-15)22-27-19-12-17(7-8-20(19)29-22)26-21(28)9-5-13-4-6-16(24)11-18(13)25/h1-12H,(H,26,28)/b9-5+. The molecule has 4 aromatic rings. The second-order valence-electron chi connectivity index (χ2n) is 6.20. The van der Waals surface area contributed by atoms with E-state index in [0.29, 0.717) is 43.3 Å². The van der Waals surface area contributed by atoms with Gasteiger partial charge in [0, 0.05) is 32.4 Å². The van der Waals surface area contributed by atoms with E-state index in [4.69, 9.17) is 39.2 Å². The van der Waals surface area contributed by atoms with E-state index in [1.54, 1.807) is 54.6 Å². The number of nitrogens with one attached hydrogen (secondary N) is 1. The molecule has 0 bridgehead atoms. The number of carbonyl (C=O) groups is 1. The Morgan fingerprint density at radius 2 is 1.79 bits per heavy atom. The van der Waals surface area contributed by atoms with Crippen LogP contribution in [0.3, 0.4) is 0 Å². The number of anilines is 1. The van der Waals surface area contributed by atoms with E-state index in [1.807, 2.05) is 12.1 Å². The summed E-state index contributed by atoms with van der Waals surface area (Å²) in [5.74, 6) is 0.164. The molecule has 0 fully saturated rings. The van der Waals surface area contributed by atoms with Gasteiger partial charge < -0.3 is 9.73 Å². The first-order chi connectivity index (χ1) is 14.0. The summed E-state index contributed by atoms with van der Waals surface area (Å²) in [5.41, 5.74) is 3.32. The molecule has 3 aromatic carbocycles. The number of fused-ring (bicyclic) bond motifs is 1. The Balaban J connectivity index is 1.52. The second kappa shape index (κ2) is 8.29. The van der Waals surface area contributed by atoms with E-state index in [1.165, 1.54) is 6.08 Å². The lowest BCUT2D eigenvalue weighted by atomic mass is 10.2. The number of carbonyl (C=O) groups excluding carboxylic acids is 1. The minimum Gasteiger partial charge on any atom is -0.436 e. The number of aromatic nitrogens is 1. The van der Waals surface area contributed by atoms with Gasteiger partial charge in [-0.25, -0.2) is 4.98 Å². The van der Waals surface area contributed by atoms with Gasteiger partial charge in [0.1, 0.15) is 5.52 Å². The van der Waals surface area contributed by atoms with Gasteiger partial charge in [0.25, 0.3) is 0 Å². The summed E-state index contributed by atoms with van der Waals surface area (Å²) in [4.78, 5) is 16.7. The van der Waals surface area contributed by atoms with Crippen molar-refractivity contribution < 1.29 is 9.21 Å². The Hall–Kier alpha value is -2.79.